The Balaban J connectivity index is 1.46. The van der Waals surface area contributed by atoms with Gasteiger partial charge >= 0.3 is 0 Å². The number of thioether (sulfide) groups is 1. The van der Waals surface area contributed by atoms with Crippen LogP contribution in [-0.4, -0.2) is 28.5 Å². The molecule has 1 aliphatic heterocycles. The lowest BCUT2D eigenvalue weighted by molar-refractivity contribution is -0.127. The number of benzene rings is 3. The van der Waals surface area contributed by atoms with Crippen LogP contribution in [0.5, 0.6) is 5.75 Å². The predicted molar refractivity (Wildman–Crippen MR) is 140 cm³/mol. The number of nitrogens with one attached hydrogen (secondary N) is 1. The van der Waals surface area contributed by atoms with Gasteiger partial charge in [-0.05, 0) is 53.7 Å². The number of hydrogen-bond acceptors (Lipinski definition) is 5. The smallest absolute Gasteiger partial charge is 0.294 e. The maximum Gasteiger partial charge on any atom is 0.294 e. The van der Waals surface area contributed by atoms with E-state index in [1.54, 1.807) is 72.8 Å². The second-order valence-electron chi connectivity index (χ2n) is 7.37. The van der Waals surface area contributed by atoms with Gasteiger partial charge in [-0.15, -0.1) is 0 Å². The number of carbonyl (C=O) groups excluding carboxylic acids is 3. The van der Waals surface area contributed by atoms with E-state index in [9.17, 15) is 14.4 Å². The number of carbonyl (C=O) groups is 3. The topological polar surface area (TPSA) is 75.7 Å². The first-order valence-corrected chi connectivity index (χ1v) is 12.2. The van der Waals surface area contributed by atoms with Crippen molar-refractivity contribution in [3.05, 3.63) is 97.8 Å². The fourth-order valence-corrected chi connectivity index (χ4v) is 4.53. The molecule has 0 radical (unpaired) electrons. The Morgan fingerprint density at radius 2 is 1.69 bits per heavy atom. The highest BCUT2D eigenvalue weighted by molar-refractivity contribution is 8.18. The highest BCUT2D eigenvalue weighted by atomic mass is 35.5. The monoisotopic (exact) mass is 546 g/mol. The number of ether oxygens (including phenoxy) is 1. The van der Waals surface area contributed by atoms with Crippen LogP contribution in [0.15, 0.2) is 71.6 Å². The van der Waals surface area contributed by atoms with E-state index in [-0.39, 0.29) is 11.5 Å². The number of nitrogens with zero attached hydrogens (tertiary/aromatic N) is 1. The molecule has 35 heavy (non-hydrogen) atoms. The molecule has 1 N–H and O–H groups in total. The molecule has 1 aliphatic rings. The highest BCUT2D eigenvalue weighted by Crippen LogP contribution is 2.34. The fourth-order valence-electron chi connectivity index (χ4n) is 3.20. The van der Waals surface area contributed by atoms with Crippen molar-refractivity contribution in [3.63, 3.8) is 0 Å². The predicted octanol–water partition coefficient (Wildman–Crippen LogP) is 6.90. The van der Waals surface area contributed by atoms with E-state index in [1.165, 1.54) is 0 Å². The van der Waals surface area contributed by atoms with E-state index < -0.39 is 23.6 Å². The third-order valence-electron chi connectivity index (χ3n) is 4.91. The van der Waals surface area contributed by atoms with Crippen LogP contribution in [0, 0.1) is 0 Å². The Kier molecular flexibility index (Phi) is 8.03. The summed E-state index contributed by atoms with van der Waals surface area (Å²) in [5.41, 5.74) is 1.83. The van der Waals surface area contributed by atoms with Crippen molar-refractivity contribution in [2.24, 2.45) is 0 Å². The van der Waals surface area contributed by atoms with Gasteiger partial charge in [-0.1, -0.05) is 71.2 Å². The summed E-state index contributed by atoms with van der Waals surface area (Å²) in [6, 6.07) is 19.0. The van der Waals surface area contributed by atoms with Gasteiger partial charge in [-0.3, -0.25) is 19.3 Å². The van der Waals surface area contributed by atoms with Crippen molar-refractivity contribution in [2.75, 3.05) is 11.9 Å². The van der Waals surface area contributed by atoms with Crippen LogP contribution >= 0.6 is 46.6 Å². The summed E-state index contributed by atoms with van der Waals surface area (Å²) in [5, 5.41) is 3.30. The molecule has 1 fully saturated rings. The number of rotatable bonds is 7. The van der Waals surface area contributed by atoms with Crippen LogP contribution in [-0.2, 0) is 16.2 Å². The van der Waals surface area contributed by atoms with Crippen LogP contribution in [0.3, 0.4) is 0 Å². The first-order valence-electron chi connectivity index (χ1n) is 10.3. The standard InChI is InChI=1S/C25H17Cl3N2O4S/c26-17-10-9-15(11-19(17)28)14-34-21-8-4-1-5-16(21)12-22-24(32)30(25(33)35-22)13-23(31)29-20-7-3-2-6-18(20)27/h1-12H,13-14H2,(H,29,31)/b22-12+. The molecule has 3 aromatic carbocycles. The van der Waals surface area contributed by atoms with E-state index in [2.05, 4.69) is 5.32 Å². The van der Waals surface area contributed by atoms with Crippen LogP contribution in [0.4, 0.5) is 10.5 Å². The van der Waals surface area contributed by atoms with Crippen molar-refractivity contribution in [1.82, 2.24) is 4.90 Å². The lowest BCUT2D eigenvalue weighted by atomic mass is 10.1. The second kappa shape index (κ2) is 11.2. The van der Waals surface area contributed by atoms with Crippen LogP contribution < -0.4 is 10.1 Å². The third kappa shape index (κ3) is 6.18. The molecule has 0 unspecified atom stereocenters. The molecular formula is C25H17Cl3N2O4S. The van der Waals surface area contributed by atoms with E-state index in [1.807, 2.05) is 0 Å². The van der Waals surface area contributed by atoms with Crippen LogP contribution in [0.1, 0.15) is 11.1 Å². The summed E-state index contributed by atoms with van der Waals surface area (Å²) in [7, 11) is 0. The van der Waals surface area contributed by atoms with Crippen LogP contribution in [0.2, 0.25) is 15.1 Å². The first kappa shape index (κ1) is 25.1. The average Bonchev–Trinajstić information content (AvgIpc) is 3.09. The maximum atomic E-state index is 12.9. The molecule has 0 aliphatic carbocycles. The summed E-state index contributed by atoms with van der Waals surface area (Å²) in [6.07, 6.45) is 1.57. The van der Waals surface area contributed by atoms with Gasteiger partial charge in [0.25, 0.3) is 11.1 Å². The second-order valence-corrected chi connectivity index (χ2v) is 9.59. The minimum atomic E-state index is -0.561. The molecule has 6 nitrogen and oxygen atoms in total. The molecule has 0 aromatic heterocycles. The lowest BCUT2D eigenvalue weighted by Gasteiger charge is -2.13. The fraction of sp³-hybridized carbons (Fsp3) is 0.0800. The molecular weight excluding hydrogens is 531 g/mol. The molecule has 178 valence electrons. The van der Waals surface area contributed by atoms with Crippen molar-refractivity contribution in [2.45, 2.75) is 6.61 Å². The molecule has 0 spiro atoms. The Morgan fingerprint density at radius 3 is 2.46 bits per heavy atom. The molecule has 1 saturated heterocycles. The summed E-state index contributed by atoms with van der Waals surface area (Å²) in [5.74, 6) is -0.581. The van der Waals surface area contributed by atoms with Crippen LogP contribution in [0.25, 0.3) is 6.08 Å². The normalized spacial score (nSPS) is 14.5. The quantitative estimate of drug-likeness (QED) is 0.326. The van der Waals surface area contributed by atoms with Gasteiger partial charge < -0.3 is 10.1 Å². The van der Waals surface area contributed by atoms with E-state index in [0.717, 1.165) is 22.2 Å². The summed E-state index contributed by atoms with van der Waals surface area (Å²) < 4.78 is 5.92. The number of para-hydroxylation sites is 2. The maximum absolute atomic E-state index is 12.9. The van der Waals surface area contributed by atoms with Gasteiger partial charge in [0.05, 0.1) is 25.7 Å². The third-order valence-corrected chi connectivity index (χ3v) is 6.88. The van der Waals surface area contributed by atoms with Crippen molar-refractivity contribution < 1.29 is 19.1 Å². The number of amides is 3. The summed E-state index contributed by atoms with van der Waals surface area (Å²) in [4.78, 5) is 38.8. The largest absolute Gasteiger partial charge is 0.488 e. The number of halogens is 3. The summed E-state index contributed by atoms with van der Waals surface area (Å²) in [6.45, 7) is -0.200. The minimum Gasteiger partial charge on any atom is -0.488 e. The van der Waals surface area contributed by atoms with Gasteiger partial charge in [-0.25, -0.2) is 0 Å². The Morgan fingerprint density at radius 1 is 0.943 bits per heavy atom. The average molecular weight is 548 g/mol. The van der Waals surface area contributed by atoms with Crippen molar-refractivity contribution in [3.8, 4) is 5.75 Å². The zero-order valence-corrected chi connectivity index (χ0v) is 21.0. The molecule has 3 aromatic rings. The molecule has 4 rings (SSSR count). The van der Waals surface area contributed by atoms with Gasteiger partial charge in [-0.2, -0.15) is 0 Å². The Bertz CT molecular complexity index is 1350. The SMILES string of the molecule is O=C(CN1C(=O)S/C(=C/c2ccccc2OCc2ccc(Cl)c(Cl)c2)C1=O)Nc1ccccc1Cl. The van der Waals surface area contributed by atoms with Gasteiger partial charge in [0.15, 0.2) is 0 Å². The minimum absolute atomic E-state index is 0.186. The highest BCUT2D eigenvalue weighted by Gasteiger charge is 2.36. The van der Waals surface area contributed by atoms with Gasteiger partial charge in [0, 0.05) is 5.56 Å². The molecule has 10 heteroatoms. The molecule has 1 heterocycles. The van der Waals surface area contributed by atoms with E-state index >= 15 is 0 Å². The number of imide groups is 1. The molecule has 3 amide bonds. The van der Waals surface area contributed by atoms with Gasteiger partial charge in [0.1, 0.15) is 18.9 Å². The van der Waals surface area contributed by atoms with E-state index in [4.69, 9.17) is 39.5 Å². The Labute approximate surface area is 220 Å². The summed E-state index contributed by atoms with van der Waals surface area (Å²) >= 11 is 18.8. The molecule has 0 saturated carbocycles. The zero-order chi connectivity index (χ0) is 24.9. The first-order chi connectivity index (χ1) is 16.8. The van der Waals surface area contributed by atoms with Crippen molar-refractivity contribution in [1.29, 1.82) is 0 Å². The Hall–Kier alpha value is -2.97. The number of anilines is 1. The lowest BCUT2D eigenvalue weighted by Crippen LogP contribution is -2.36. The van der Waals surface area contributed by atoms with Crippen molar-refractivity contribution >= 4 is 75.4 Å². The molecule has 0 atom stereocenters. The van der Waals surface area contributed by atoms with Gasteiger partial charge in [0.2, 0.25) is 5.91 Å². The van der Waals surface area contributed by atoms with E-state index in [0.29, 0.717) is 32.1 Å². The number of hydrogen-bond donors (Lipinski definition) is 1. The zero-order valence-electron chi connectivity index (χ0n) is 18.0. The molecule has 0 bridgehead atoms.